The lowest BCUT2D eigenvalue weighted by Gasteiger charge is -2.34. The van der Waals surface area contributed by atoms with E-state index in [-0.39, 0.29) is 5.91 Å². The van der Waals surface area contributed by atoms with Gasteiger partial charge in [-0.2, -0.15) is 5.10 Å². The summed E-state index contributed by atoms with van der Waals surface area (Å²) in [4.78, 5) is 26.0. The molecule has 5 aromatic rings. The number of carbonyl (C=O) groups is 1. The highest BCUT2D eigenvalue weighted by atomic mass is 16.5. The summed E-state index contributed by atoms with van der Waals surface area (Å²) >= 11 is 0. The van der Waals surface area contributed by atoms with Crippen LogP contribution in [0.25, 0.3) is 33.5 Å². The first-order chi connectivity index (χ1) is 17.6. The van der Waals surface area contributed by atoms with E-state index in [0.29, 0.717) is 28.5 Å². The van der Waals surface area contributed by atoms with Crippen LogP contribution >= 0.6 is 0 Å². The Labute approximate surface area is 208 Å². The molecule has 1 aliphatic rings. The molecular formula is C27H27N7O2. The summed E-state index contributed by atoms with van der Waals surface area (Å²) in [5, 5.41) is 11.5. The summed E-state index contributed by atoms with van der Waals surface area (Å²) in [6.07, 6.45) is 0. The standard InChI is InChI=1S/C27H27N7O2/c1-33-12-14-34(15-13-33)17-10-11-20-22(16-17)29-26(28-20)25-19-7-5-8-21(24(19)31-32-25)30-27(35)18-6-3-4-9-23(18)36-2/h3-11,16H,12-15H2,1-2H3,(H,28,29)(H,30,35)(H,31,32). The fraction of sp³-hybridized carbons (Fsp3) is 0.222. The Balaban J connectivity index is 1.31. The van der Waals surface area contributed by atoms with E-state index in [0.717, 1.165) is 48.1 Å². The van der Waals surface area contributed by atoms with Crippen LogP contribution in [0, 0.1) is 0 Å². The van der Waals surface area contributed by atoms with E-state index >= 15 is 0 Å². The van der Waals surface area contributed by atoms with Gasteiger partial charge >= 0.3 is 0 Å². The van der Waals surface area contributed by atoms with Gasteiger partial charge in [0, 0.05) is 37.3 Å². The van der Waals surface area contributed by atoms with Gasteiger partial charge in [0.25, 0.3) is 5.91 Å². The van der Waals surface area contributed by atoms with Crippen LogP contribution < -0.4 is 15.0 Å². The lowest BCUT2D eigenvalue weighted by Crippen LogP contribution is -2.44. The average molecular weight is 482 g/mol. The molecule has 6 rings (SSSR count). The number of aromatic amines is 2. The number of amides is 1. The van der Waals surface area contributed by atoms with Crippen LogP contribution in [0.1, 0.15) is 10.4 Å². The number of aromatic nitrogens is 4. The number of hydrogen-bond acceptors (Lipinski definition) is 6. The number of carbonyl (C=O) groups excluding carboxylic acids is 1. The van der Waals surface area contributed by atoms with Gasteiger partial charge in [-0.05, 0) is 43.4 Å². The summed E-state index contributed by atoms with van der Waals surface area (Å²) in [5.41, 5.74) is 5.59. The monoisotopic (exact) mass is 481 g/mol. The summed E-state index contributed by atoms with van der Waals surface area (Å²) in [6.45, 7) is 4.13. The minimum absolute atomic E-state index is 0.253. The molecule has 3 aromatic carbocycles. The van der Waals surface area contributed by atoms with Crippen molar-refractivity contribution in [3.63, 3.8) is 0 Å². The van der Waals surface area contributed by atoms with Gasteiger partial charge in [-0.3, -0.25) is 9.89 Å². The predicted octanol–water partition coefficient (Wildman–Crippen LogP) is 4.12. The molecule has 0 radical (unpaired) electrons. The minimum Gasteiger partial charge on any atom is -0.496 e. The first kappa shape index (κ1) is 22.1. The van der Waals surface area contributed by atoms with Gasteiger partial charge in [0.2, 0.25) is 0 Å². The Bertz CT molecular complexity index is 1560. The average Bonchev–Trinajstić information content (AvgIpc) is 3.53. The highest BCUT2D eigenvalue weighted by Crippen LogP contribution is 2.31. The van der Waals surface area contributed by atoms with Crippen LogP contribution in [-0.4, -0.2) is 71.3 Å². The molecule has 0 bridgehead atoms. The third-order valence-electron chi connectivity index (χ3n) is 6.76. The van der Waals surface area contributed by atoms with E-state index in [1.807, 2.05) is 30.3 Å². The largest absolute Gasteiger partial charge is 0.496 e. The second-order valence-electron chi connectivity index (χ2n) is 9.03. The van der Waals surface area contributed by atoms with Crippen LogP contribution in [0.5, 0.6) is 5.75 Å². The van der Waals surface area contributed by atoms with Crippen molar-refractivity contribution in [2.24, 2.45) is 0 Å². The number of hydrogen-bond donors (Lipinski definition) is 3. The fourth-order valence-corrected chi connectivity index (χ4v) is 4.72. The molecule has 0 saturated carbocycles. The maximum Gasteiger partial charge on any atom is 0.259 e. The van der Waals surface area contributed by atoms with E-state index in [1.54, 1.807) is 19.2 Å². The molecule has 1 saturated heterocycles. The zero-order chi connectivity index (χ0) is 24.6. The Kier molecular flexibility index (Phi) is 5.54. The maximum absolute atomic E-state index is 13.0. The van der Waals surface area contributed by atoms with Crippen molar-refractivity contribution in [3.05, 3.63) is 66.2 Å². The highest BCUT2D eigenvalue weighted by molar-refractivity contribution is 6.11. The molecule has 3 N–H and O–H groups in total. The summed E-state index contributed by atoms with van der Waals surface area (Å²) in [5.74, 6) is 0.946. The summed E-state index contributed by atoms with van der Waals surface area (Å²) in [7, 11) is 3.71. The molecule has 1 aliphatic heterocycles. The first-order valence-corrected chi connectivity index (χ1v) is 12.0. The number of likely N-dealkylation sites (N-methyl/N-ethyl adjacent to an activating group) is 1. The number of nitrogens with one attached hydrogen (secondary N) is 3. The van der Waals surface area contributed by atoms with E-state index in [9.17, 15) is 4.79 Å². The molecule has 3 heterocycles. The number of H-pyrrole nitrogens is 2. The maximum atomic E-state index is 13.0. The van der Waals surface area contributed by atoms with Gasteiger partial charge in [0.15, 0.2) is 5.82 Å². The normalized spacial score (nSPS) is 14.4. The third-order valence-corrected chi connectivity index (χ3v) is 6.76. The predicted molar refractivity (Wildman–Crippen MR) is 142 cm³/mol. The van der Waals surface area contributed by atoms with Gasteiger partial charge in [-0.1, -0.05) is 24.3 Å². The van der Waals surface area contributed by atoms with Gasteiger partial charge in [-0.25, -0.2) is 4.98 Å². The highest BCUT2D eigenvalue weighted by Gasteiger charge is 2.19. The van der Waals surface area contributed by atoms with Crippen molar-refractivity contribution in [2.75, 3.05) is 50.6 Å². The van der Waals surface area contributed by atoms with Crippen LogP contribution in [0.15, 0.2) is 60.7 Å². The van der Waals surface area contributed by atoms with Crippen molar-refractivity contribution in [3.8, 4) is 17.3 Å². The molecule has 0 spiro atoms. The number of piperazine rings is 1. The Morgan fingerprint density at radius 3 is 2.69 bits per heavy atom. The van der Waals surface area contributed by atoms with Gasteiger partial charge < -0.3 is 24.8 Å². The van der Waals surface area contributed by atoms with Crippen molar-refractivity contribution >= 4 is 39.2 Å². The van der Waals surface area contributed by atoms with Crippen molar-refractivity contribution in [1.82, 2.24) is 25.1 Å². The second-order valence-corrected chi connectivity index (χ2v) is 9.03. The van der Waals surface area contributed by atoms with Crippen molar-refractivity contribution in [1.29, 1.82) is 0 Å². The quantitative estimate of drug-likeness (QED) is 0.349. The van der Waals surface area contributed by atoms with Crippen LogP contribution in [0.4, 0.5) is 11.4 Å². The molecular weight excluding hydrogens is 454 g/mol. The molecule has 0 atom stereocenters. The van der Waals surface area contributed by atoms with Gasteiger partial charge in [0.1, 0.15) is 11.4 Å². The third kappa shape index (κ3) is 3.93. The smallest absolute Gasteiger partial charge is 0.259 e. The van der Waals surface area contributed by atoms with Crippen molar-refractivity contribution < 1.29 is 9.53 Å². The molecule has 0 aliphatic carbocycles. The summed E-state index contributed by atoms with van der Waals surface area (Å²) < 4.78 is 5.34. The number of anilines is 2. The van der Waals surface area contributed by atoms with Crippen LogP contribution in [-0.2, 0) is 0 Å². The molecule has 2 aromatic heterocycles. The SMILES string of the molecule is COc1ccccc1C(=O)Nc1cccc2c(-c3nc4ccc(N5CCN(C)CC5)cc4[nH]3)n[nH]c12. The van der Waals surface area contributed by atoms with E-state index in [4.69, 9.17) is 9.72 Å². The Morgan fingerprint density at radius 2 is 1.86 bits per heavy atom. The number of rotatable bonds is 5. The molecule has 182 valence electrons. The lowest BCUT2D eigenvalue weighted by molar-refractivity contribution is 0.102. The zero-order valence-corrected chi connectivity index (χ0v) is 20.2. The van der Waals surface area contributed by atoms with E-state index < -0.39 is 0 Å². The van der Waals surface area contributed by atoms with E-state index in [2.05, 4.69) is 55.5 Å². The molecule has 1 fully saturated rings. The lowest BCUT2D eigenvalue weighted by atomic mass is 10.1. The Hall–Kier alpha value is -4.37. The molecule has 36 heavy (non-hydrogen) atoms. The van der Waals surface area contributed by atoms with Gasteiger partial charge in [0.05, 0.1) is 34.9 Å². The van der Waals surface area contributed by atoms with Crippen LogP contribution in [0.2, 0.25) is 0 Å². The molecule has 1 amide bonds. The zero-order valence-electron chi connectivity index (χ0n) is 20.2. The van der Waals surface area contributed by atoms with Gasteiger partial charge in [-0.15, -0.1) is 0 Å². The number of para-hydroxylation sites is 2. The van der Waals surface area contributed by atoms with Crippen molar-refractivity contribution in [2.45, 2.75) is 0 Å². The van der Waals surface area contributed by atoms with Crippen LogP contribution in [0.3, 0.4) is 0 Å². The minimum atomic E-state index is -0.253. The summed E-state index contributed by atoms with van der Waals surface area (Å²) in [6, 6.07) is 19.2. The van der Waals surface area contributed by atoms with E-state index in [1.165, 1.54) is 5.69 Å². The number of imidazole rings is 1. The molecule has 9 nitrogen and oxygen atoms in total. The molecule has 0 unspecified atom stereocenters. The number of fused-ring (bicyclic) bond motifs is 2. The first-order valence-electron chi connectivity index (χ1n) is 12.0. The number of ether oxygens (including phenoxy) is 1. The number of benzene rings is 3. The topological polar surface area (TPSA) is 102 Å². The molecule has 9 heteroatoms. The Morgan fingerprint density at radius 1 is 1.03 bits per heavy atom. The number of nitrogens with zero attached hydrogens (tertiary/aromatic N) is 4. The number of methoxy groups -OCH3 is 1. The second kappa shape index (κ2) is 9.01. The fourth-order valence-electron chi connectivity index (χ4n) is 4.72.